The first-order valence-corrected chi connectivity index (χ1v) is 10.6. The highest BCUT2D eigenvalue weighted by atomic mass is 35.5. The highest BCUT2D eigenvalue weighted by molar-refractivity contribution is 6.33. The van der Waals surface area contributed by atoms with Gasteiger partial charge in [-0.25, -0.2) is 4.98 Å². The molecule has 0 fully saturated rings. The van der Waals surface area contributed by atoms with Gasteiger partial charge in [0, 0.05) is 28.1 Å². The maximum Gasteiger partial charge on any atom is 0.165 e. The Kier molecular flexibility index (Phi) is 5.29. The predicted octanol–water partition coefficient (Wildman–Crippen LogP) is 6.83. The van der Waals surface area contributed by atoms with E-state index in [4.69, 9.17) is 21.7 Å². The largest absolute Gasteiger partial charge is 0.363 e. The Morgan fingerprint density at radius 2 is 1.67 bits per heavy atom. The third-order valence-corrected chi connectivity index (χ3v) is 5.67. The molecule has 0 aliphatic heterocycles. The van der Waals surface area contributed by atoms with E-state index < -0.39 is 0 Å². The summed E-state index contributed by atoms with van der Waals surface area (Å²) in [5.74, 6) is 0.919. The molecule has 0 aliphatic carbocycles. The fourth-order valence-electron chi connectivity index (χ4n) is 3.64. The lowest BCUT2D eigenvalue weighted by Crippen LogP contribution is -2.17. The van der Waals surface area contributed by atoms with Crippen LogP contribution in [0.5, 0.6) is 0 Å². The van der Waals surface area contributed by atoms with Crippen molar-refractivity contribution in [3.05, 3.63) is 82.6 Å². The zero-order valence-electron chi connectivity index (χ0n) is 18.1. The van der Waals surface area contributed by atoms with Crippen molar-refractivity contribution in [1.29, 1.82) is 0 Å². The van der Waals surface area contributed by atoms with Gasteiger partial charge in [-0.3, -0.25) is 0 Å². The maximum atomic E-state index is 6.54. The summed E-state index contributed by atoms with van der Waals surface area (Å²) in [4.78, 5) is 5.03. The van der Waals surface area contributed by atoms with Crippen molar-refractivity contribution in [2.24, 2.45) is 0 Å². The van der Waals surface area contributed by atoms with Gasteiger partial charge >= 0.3 is 0 Å². The zero-order chi connectivity index (χ0) is 21.5. The Morgan fingerprint density at radius 1 is 1.00 bits per heavy atom. The van der Waals surface area contributed by atoms with Crippen LogP contribution >= 0.6 is 11.6 Å². The summed E-state index contributed by atoms with van der Waals surface area (Å²) in [6.45, 7) is 10.7. The topological polar surface area (TPSA) is 42.2 Å². The lowest BCUT2D eigenvalue weighted by molar-refractivity contribution is 0.568. The van der Waals surface area contributed by atoms with Crippen LogP contribution in [0.15, 0.2) is 60.7 Å². The molecule has 0 aliphatic rings. The van der Waals surface area contributed by atoms with Crippen LogP contribution in [0.1, 0.15) is 50.7 Å². The summed E-state index contributed by atoms with van der Waals surface area (Å²) in [6.07, 6.45) is 0. The molecule has 1 N–H and O–H groups in total. The first-order valence-electron chi connectivity index (χ1n) is 10.2. The third-order valence-electron chi connectivity index (χ3n) is 5.34. The van der Waals surface area contributed by atoms with Gasteiger partial charge in [-0.15, -0.1) is 0 Å². The summed E-state index contributed by atoms with van der Waals surface area (Å²) in [7, 11) is 0. The first-order chi connectivity index (χ1) is 14.3. The molecular formula is C25H27ClN4. The van der Waals surface area contributed by atoms with Crippen LogP contribution in [0.2, 0.25) is 5.02 Å². The summed E-state index contributed by atoms with van der Waals surface area (Å²) < 4.78 is 1.91. The maximum absolute atomic E-state index is 6.54. The van der Waals surface area contributed by atoms with E-state index in [1.54, 1.807) is 0 Å². The van der Waals surface area contributed by atoms with E-state index in [9.17, 15) is 0 Å². The van der Waals surface area contributed by atoms with Crippen molar-refractivity contribution in [2.75, 3.05) is 5.32 Å². The number of anilines is 1. The van der Waals surface area contributed by atoms with Gasteiger partial charge in [0.2, 0.25) is 0 Å². The van der Waals surface area contributed by atoms with Crippen molar-refractivity contribution >= 4 is 23.1 Å². The van der Waals surface area contributed by atoms with Gasteiger partial charge in [0.25, 0.3) is 0 Å². The van der Waals surface area contributed by atoms with Crippen molar-refractivity contribution in [2.45, 2.75) is 46.1 Å². The average molecular weight is 419 g/mol. The van der Waals surface area contributed by atoms with Crippen LogP contribution in [-0.2, 0) is 5.41 Å². The number of nitrogens with zero attached hydrogens (tertiary/aromatic N) is 3. The van der Waals surface area contributed by atoms with Gasteiger partial charge in [-0.05, 0) is 25.5 Å². The molecule has 154 valence electrons. The van der Waals surface area contributed by atoms with Gasteiger partial charge in [0.1, 0.15) is 5.82 Å². The molecule has 2 aromatic heterocycles. The predicted molar refractivity (Wildman–Crippen MR) is 125 cm³/mol. The molecule has 4 rings (SSSR count). The minimum absolute atomic E-state index is 0.107. The monoisotopic (exact) mass is 418 g/mol. The van der Waals surface area contributed by atoms with Crippen LogP contribution in [0, 0.1) is 6.92 Å². The van der Waals surface area contributed by atoms with Crippen LogP contribution in [-0.4, -0.2) is 14.6 Å². The molecule has 0 radical (unpaired) electrons. The molecule has 1 atom stereocenters. The van der Waals surface area contributed by atoms with Crippen LogP contribution < -0.4 is 5.32 Å². The van der Waals surface area contributed by atoms with E-state index in [1.165, 1.54) is 5.56 Å². The molecule has 2 aromatic carbocycles. The zero-order valence-corrected chi connectivity index (χ0v) is 18.8. The van der Waals surface area contributed by atoms with Gasteiger partial charge in [-0.2, -0.15) is 9.61 Å². The summed E-state index contributed by atoms with van der Waals surface area (Å²) in [5, 5.41) is 9.18. The van der Waals surface area contributed by atoms with Gasteiger partial charge in [0.15, 0.2) is 5.65 Å². The fourth-order valence-corrected chi connectivity index (χ4v) is 3.87. The SMILES string of the molecule is Cc1nn2c(NC(C)c3ccccc3)cc(C(C)(C)C)nc2c1-c1ccccc1Cl. The normalized spacial score (nSPS) is 12.9. The lowest BCUT2D eigenvalue weighted by atomic mass is 9.91. The van der Waals surface area contributed by atoms with Crippen LogP contribution in [0.4, 0.5) is 5.82 Å². The number of hydrogen-bond acceptors (Lipinski definition) is 3. The van der Waals surface area contributed by atoms with E-state index in [0.717, 1.165) is 34.0 Å². The fraction of sp³-hybridized carbons (Fsp3) is 0.280. The summed E-state index contributed by atoms with van der Waals surface area (Å²) in [5.41, 5.74) is 5.76. The van der Waals surface area contributed by atoms with E-state index >= 15 is 0 Å². The smallest absolute Gasteiger partial charge is 0.165 e. The number of aryl methyl sites for hydroxylation is 1. The Bertz CT molecular complexity index is 1190. The van der Waals surface area contributed by atoms with Crippen molar-refractivity contribution in [3.8, 4) is 11.1 Å². The van der Waals surface area contributed by atoms with E-state index in [2.05, 4.69) is 63.3 Å². The Balaban J connectivity index is 1.92. The van der Waals surface area contributed by atoms with E-state index in [0.29, 0.717) is 5.02 Å². The summed E-state index contributed by atoms with van der Waals surface area (Å²) in [6, 6.07) is 20.5. The average Bonchev–Trinajstić information content (AvgIpc) is 3.04. The minimum Gasteiger partial charge on any atom is -0.363 e. The molecule has 30 heavy (non-hydrogen) atoms. The molecule has 5 heteroatoms. The number of nitrogens with one attached hydrogen (secondary N) is 1. The van der Waals surface area contributed by atoms with Crippen molar-refractivity contribution < 1.29 is 0 Å². The molecular weight excluding hydrogens is 392 g/mol. The molecule has 0 spiro atoms. The van der Waals surface area contributed by atoms with Crippen LogP contribution in [0.3, 0.4) is 0 Å². The lowest BCUT2D eigenvalue weighted by Gasteiger charge is -2.22. The number of aromatic nitrogens is 3. The molecule has 1 unspecified atom stereocenters. The van der Waals surface area contributed by atoms with E-state index in [-0.39, 0.29) is 11.5 Å². The molecule has 0 amide bonds. The quantitative estimate of drug-likeness (QED) is 0.395. The molecule has 0 saturated heterocycles. The Hall–Kier alpha value is -2.85. The minimum atomic E-state index is -0.107. The first kappa shape index (κ1) is 20.4. The third kappa shape index (κ3) is 3.80. The Morgan fingerprint density at radius 3 is 2.33 bits per heavy atom. The number of benzene rings is 2. The summed E-state index contributed by atoms with van der Waals surface area (Å²) >= 11 is 6.54. The number of halogens is 1. The Labute approximate surface area is 182 Å². The van der Waals surface area contributed by atoms with Gasteiger partial charge in [0.05, 0.1) is 17.0 Å². The van der Waals surface area contributed by atoms with E-state index in [1.807, 2.05) is 41.8 Å². The second kappa shape index (κ2) is 7.77. The van der Waals surface area contributed by atoms with Gasteiger partial charge < -0.3 is 5.32 Å². The highest BCUT2D eigenvalue weighted by Gasteiger charge is 2.23. The number of hydrogen-bond donors (Lipinski definition) is 1. The number of rotatable bonds is 4. The molecule has 4 aromatic rings. The van der Waals surface area contributed by atoms with Crippen molar-refractivity contribution in [1.82, 2.24) is 14.6 Å². The van der Waals surface area contributed by atoms with Crippen LogP contribution in [0.25, 0.3) is 16.8 Å². The molecule has 0 bridgehead atoms. The second-order valence-corrected chi connectivity index (χ2v) is 9.14. The second-order valence-electron chi connectivity index (χ2n) is 8.73. The highest BCUT2D eigenvalue weighted by Crippen LogP contribution is 2.36. The molecule has 2 heterocycles. The molecule has 4 nitrogen and oxygen atoms in total. The van der Waals surface area contributed by atoms with Crippen molar-refractivity contribution in [3.63, 3.8) is 0 Å². The van der Waals surface area contributed by atoms with Gasteiger partial charge in [-0.1, -0.05) is 80.9 Å². The molecule has 0 saturated carbocycles. The number of fused-ring (bicyclic) bond motifs is 1. The standard InChI is InChI=1S/C25H27ClN4/c1-16(18-11-7-6-8-12-18)27-22-15-21(25(3,4)5)28-24-23(17(2)29-30(22)24)19-13-9-10-14-20(19)26/h6-16,27H,1-5H3.